The van der Waals surface area contributed by atoms with Crippen LogP contribution in [0, 0.1) is 6.92 Å². The third-order valence-electron chi connectivity index (χ3n) is 4.08. The Morgan fingerprint density at radius 1 is 1.23 bits per heavy atom. The van der Waals surface area contributed by atoms with E-state index >= 15 is 0 Å². The van der Waals surface area contributed by atoms with Crippen molar-refractivity contribution in [3.8, 4) is 0 Å². The second-order valence-corrected chi connectivity index (χ2v) is 7.05. The Morgan fingerprint density at radius 2 is 1.92 bits per heavy atom. The number of benzene rings is 1. The summed E-state index contributed by atoms with van der Waals surface area (Å²) in [5.74, 6) is -0.888. The summed E-state index contributed by atoms with van der Waals surface area (Å²) < 4.78 is 0. The molecule has 3 rings (SSSR count). The summed E-state index contributed by atoms with van der Waals surface area (Å²) in [7, 11) is 0. The van der Waals surface area contributed by atoms with E-state index in [1.807, 2.05) is 26.0 Å². The molecule has 9 heteroatoms. The molecule has 0 radical (unpaired) electrons. The van der Waals surface area contributed by atoms with Crippen LogP contribution in [0.1, 0.15) is 24.4 Å². The van der Waals surface area contributed by atoms with Gasteiger partial charge in [-0.15, -0.1) is 10.2 Å². The van der Waals surface area contributed by atoms with Gasteiger partial charge in [0.15, 0.2) is 0 Å². The number of carbonyl (C=O) groups excluding carboxylic acids is 3. The minimum Gasteiger partial charge on any atom is -0.299 e. The molecule has 0 aliphatic carbocycles. The van der Waals surface area contributed by atoms with Crippen LogP contribution in [-0.2, 0) is 16.0 Å². The van der Waals surface area contributed by atoms with E-state index in [2.05, 4.69) is 15.5 Å². The molecule has 1 aliphatic rings. The first-order chi connectivity index (χ1) is 12.4. The van der Waals surface area contributed by atoms with Gasteiger partial charge in [-0.05, 0) is 32.4 Å². The zero-order valence-electron chi connectivity index (χ0n) is 14.7. The van der Waals surface area contributed by atoms with Gasteiger partial charge >= 0.3 is 6.03 Å². The minimum absolute atomic E-state index is 0.356. The maximum Gasteiger partial charge on any atom is 0.332 e. The van der Waals surface area contributed by atoms with Gasteiger partial charge in [0.05, 0.1) is 0 Å². The molecule has 1 aromatic heterocycles. The number of urea groups is 1. The number of aryl methyl sites for hydroxylation is 2. The van der Waals surface area contributed by atoms with Crippen LogP contribution in [-0.4, -0.2) is 45.5 Å². The number of hydrogen-bond acceptors (Lipinski definition) is 6. The van der Waals surface area contributed by atoms with Crippen LogP contribution >= 0.6 is 11.3 Å². The molecule has 0 unspecified atom stereocenters. The molecule has 26 heavy (non-hydrogen) atoms. The minimum atomic E-state index is -0.661. The number of amides is 4. The van der Waals surface area contributed by atoms with Gasteiger partial charge in [0.25, 0.3) is 5.91 Å². The van der Waals surface area contributed by atoms with Crippen molar-refractivity contribution in [1.29, 1.82) is 0 Å². The highest BCUT2D eigenvalue weighted by Crippen LogP contribution is 2.26. The quantitative estimate of drug-likeness (QED) is 0.811. The Hall–Kier alpha value is -2.81. The number of nitrogens with one attached hydrogen (secondary N) is 1. The fourth-order valence-corrected chi connectivity index (χ4v) is 3.36. The SMILES string of the molecule is CCc1nnc(NC(=O)CN2C(=O)[C@@H](C)N(c3ccc(C)cc3)C2=O)s1. The summed E-state index contributed by atoms with van der Waals surface area (Å²) in [6, 6.07) is 6.15. The highest BCUT2D eigenvalue weighted by atomic mass is 32.1. The van der Waals surface area contributed by atoms with Gasteiger partial charge in [-0.25, -0.2) is 4.79 Å². The molecule has 136 valence electrons. The number of aromatic nitrogens is 2. The van der Waals surface area contributed by atoms with Crippen molar-refractivity contribution in [3.63, 3.8) is 0 Å². The number of hydrogen-bond donors (Lipinski definition) is 1. The normalized spacial score (nSPS) is 17.1. The van der Waals surface area contributed by atoms with Gasteiger partial charge in [0.2, 0.25) is 11.0 Å². The Bertz CT molecular complexity index is 848. The first-order valence-electron chi connectivity index (χ1n) is 8.24. The van der Waals surface area contributed by atoms with Crippen LogP contribution in [0.4, 0.5) is 15.6 Å². The van der Waals surface area contributed by atoms with Gasteiger partial charge in [0.1, 0.15) is 17.6 Å². The zero-order valence-corrected chi connectivity index (χ0v) is 15.5. The summed E-state index contributed by atoms with van der Waals surface area (Å²) in [5, 5.41) is 11.5. The molecule has 1 aliphatic heterocycles. The smallest absolute Gasteiger partial charge is 0.299 e. The van der Waals surface area contributed by atoms with Crippen molar-refractivity contribution in [2.75, 3.05) is 16.8 Å². The maximum atomic E-state index is 12.7. The van der Waals surface area contributed by atoms with Gasteiger partial charge < -0.3 is 0 Å². The first kappa shape index (κ1) is 18.0. The van der Waals surface area contributed by atoms with Crippen molar-refractivity contribution in [2.45, 2.75) is 33.2 Å². The van der Waals surface area contributed by atoms with Gasteiger partial charge in [-0.2, -0.15) is 0 Å². The average molecular weight is 373 g/mol. The summed E-state index contributed by atoms with van der Waals surface area (Å²) >= 11 is 1.27. The number of nitrogens with zero attached hydrogens (tertiary/aromatic N) is 4. The van der Waals surface area contributed by atoms with E-state index < -0.39 is 23.9 Å². The maximum absolute atomic E-state index is 12.7. The van der Waals surface area contributed by atoms with Crippen LogP contribution in [0.5, 0.6) is 0 Å². The van der Waals surface area contributed by atoms with E-state index in [-0.39, 0.29) is 6.54 Å². The third-order valence-corrected chi connectivity index (χ3v) is 5.06. The van der Waals surface area contributed by atoms with Crippen LogP contribution in [0.15, 0.2) is 24.3 Å². The lowest BCUT2D eigenvalue weighted by Gasteiger charge is -2.19. The van der Waals surface area contributed by atoms with Crippen molar-refractivity contribution >= 4 is 40.0 Å². The molecular formula is C17H19N5O3S. The lowest BCUT2D eigenvalue weighted by Crippen LogP contribution is -2.39. The highest BCUT2D eigenvalue weighted by molar-refractivity contribution is 7.15. The molecule has 1 aromatic carbocycles. The molecule has 1 N–H and O–H groups in total. The third kappa shape index (κ3) is 3.43. The summed E-state index contributed by atoms with van der Waals surface area (Å²) in [5.41, 5.74) is 1.68. The average Bonchev–Trinajstić information content (AvgIpc) is 3.15. The van der Waals surface area contributed by atoms with Gasteiger partial charge in [-0.3, -0.25) is 24.7 Å². The zero-order chi connectivity index (χ0) is 18.8. The molecule has 2 aromatic rings. The molecule has 4 amide bonds. The second-order valence-electron chi connectivity index (χ2n) is 5.99. The molecule has 1 saturated heterocycles. The predicted molar refractivity (Wildman–Crippen MR) is 98.1 cm³/mol. The van der Waals surface area contributed by atoms with Crippen LogP contribution in [0.3, 0.4) is 0 Å². The Morgan fingerprint density at radius 3 is 2.54 bits per heavy atom. The van der Waals surface area contributed by atoms with Crippen molar-refractivity contribution < 1.29 is 14.4 Å². The summed E-state index contributed by atoms with van der Waals surface area (Å²) in [4.78, 5) is 39.7. The molecule has 1 fully saturated rings. The monoisotopic (exact) mass is 373 g/mol. The Kier molecular flexibility index (Phi) is 4.99. The lowest BCUT2D eigenvalue weighted by atomic mass is 10.2. The van der Waals surface area contributed by atoms with Crippen LogP contribution < -0.4 is 10.2 Å². The fraction of sp³-hybridized carbons (Fsp3) is 0.353. The number of rotatable bonds is 5. The second kappa shape index (κ2) is 7.20. The van der Waals surface area contributed by atoms with Crippen molar-refractivity contribution in [3.05, 3.63) is 34.8 Å². The Balaban J connectivity index is 1.71. The lowest BCUT2D eigenvalue weighted by molar-refractivity contribution is -0.130. The molecule has 8 nitrogen and oxygen atoms in total. The Labute approximate surface area is 154 Å². The highest BCUT2D eigenvalue weighted by Gasteiger charge is 2.44. The molecular weight excluding hydrogens is 354 g/mol. The van der Waals surface area contributed by atoms with Crippen molar-refractivity contribution in [2.24, 2.45) is 0 Å². The largest absolute Gasteiger partial charge is 0.332 e. The fourth-order valence-electron chi connectivity index (χ4n) is 2.66. The van der Waals surface area contributed by atoms with Gasteiger partial charge in [0, 0.05) is 5.69 Å². The van der Waals surface area contributed by atoms with Gasteiger partial charge in [-0.1, -0.05) is 36.0 Å². The van der Waals surface area contributed by atoms with E-state index in [9.17, 15) is 14.4 Å². The van der Waals surface area contributed by atoms with E-state index in [1.165, 1.54) is 16.2 Å². The topological polar surface area (TPSA) is 95.5 Å². The van der Waals surface area contributed by atoms with E-state index in [0.717, 1.165) is 21.9 Å². The molecule has 0 bridgehead atoms. The number of imide groups is 1. The van der Waals surface area contributed by atoms with E-state index in [1.54, 1.807) is 19.1 Å². The van der Waals surface area contributed by atoms with Crippen molar-refractivity contribution in [1.82, 2.24) is 15.1 Å². The molecule has 1 atom stereocenters. The number of anilines is 2. The summed E-state index contributed by atoms with van der Waals surface area (Å²) in [6.45, 7) is 5.18. The standard InChI is InChI=1S/C17H19N5O3S/c1-4-14-19-20-16(26-14)18-13(23)9-21-15(24)11(3)22(17(21)25)12-7-5-10(2)6-8-12/h5-8,11H,4,9H2,1-3H3,(H,18,20,23)/t11-/m1/s1. The van der Waals surface area contributed by atoms with Crippen LogP contribution in [0.25, 0.3) is 0 Å². The molecule has 0 spiro atoms. The van der Waals surface area contributed by atoms with E-state index in [4.69, 9.17) is 0 Å². The molecule has 2 heterocycles. The van der Waals surface area contributed by atoms with E-state index in [0.29, 0.717) is 10.8 Å². The molecule has 0 saturated carbocycles. The van der Waals surface area contributed by atoms with Crippen LogP contribution in [0.2, 0.25) is 0 Å². The number of carbonyl (C=O) groups is 3. The first-order valence-corrected chi connectivity index (χ1v) is 9.05. The summed E-state index contributed by atoms with van der Waals surface area (Å²) in [6.07, 6.45) is 0.722. The predicted octanol–water partition coefficient (Wildman–Crippen LogP) is 2.20.